The normalized spacial score (nSPS) is 14.2. The lowest BCUT2D eigenvalue weighted by molar-refractivity contribution is -0.143. The van der Waals surface area contributed by atoms with Crippen molar-refractivity contribution in [3.63, 3.8) is 0 Å². The molecule has 1 rings (SSSR count). The first kappa shape index (κ1) is 22.1. The quantitative estimate of drug-likeness (QED) is 0.261. The highest BCUT2D eigenvalue weighted by Crippen LogP contribution is 2.05. The van der Waals surface area contributed by atoms with E-state index in [4.69, 9.17) is 11.5 Å². The number of amides is 3. The molecule has 27 heavy (non-hydrogen) atoms. The molecule has 3 amide bonds. The topological polar surface area (TPSA) is 193 Å². The van der Waals surface area contributed by atoms with Gasteiger partial charge in [0.25, 0.3) is 0 Å². The van der Waals surface area contributed by atoms with Crippen LogP contribution in [0.3, 0.4) is 0 Å². The third kappa shape index (κ3) is 7.44. The molecule has 11 nitrogen and oxygen atoms in total. The molecule has 0 saturated heterocycles. The standard InChI is InChI=1S/C16H26N6O5/c1-8(2)13(16(26)27)22-15(25)11(5-9-6-19-7-20-9)21-14(24)10(17)3-4-12(18)23/h6-8,10-11,13H,3-5,17H2,1-2H3,(H2,18,23)(H,19,20)(H,21,24)(H,22,25)(H,26,27). The first-order valence-corrected chi connectivity index (χ1v) is 8.46. The molecule has 11 heteroatoms. The SMILES string of the molecule is CC(C)C(NC(=O)C(Cc1cnc[nH]1)NC(=O)C(N)CCC(N)=O)C(=O)O. The first-order chi connectivity index (χ1) is 12.6. The highest BCUT2D eigenvalue weighted by atomic mass is 16.4. The summed E-state index contributed by atoms with van der Waals surface area (Å²) in [5, 5.41) is 14.2. The van der Waals surface area contributed by atoms with Crippen LogP contribution in [0.4, 0.5) is 0 Å². The predicted molar refractivity (Wildman–Crippen MR) is 95.0 cm³/mol. The molecule has 150 valence electrons. The maximum Gasteiger partial charge on any atom is 0.326 e. The van der Waals surface area contributed by atoms with Gasteiger partial charge in [0.15, 0.2) is 0 Å². The van der Waals surface area contributed by atoms with Crippen LogP contribution < -0.4 is 22.1 Å². The van der Waals surface area contributed by atoms with E-state index in [0.29, 0.717) is 5.69 Å². The Labute approximate surface area is 156 Å². The van der Waals surface area contributed by atoms with Crippen LogP contribution in [0.25, 0.3) is 0 Å². The fraction of sp³-hybridized carbons (Fsp3) is 0.562. The zero-order valence-corrected chi connectivity index (χ0v) is 15.3. The smallest absolute Gasteiger partial charge is 0.326 e. The van der Waals surface area contributed by atoms with Crippen LogP contribution in [-0.4, -0.2) is 56.9 Å². The Morgan fingerprint density at radius 3 is 2.37 bits per heavy atom. The van der Waals surface area contributed by atoms with Crippen LogP contribution in [0.2, 0.25) is 0 Å². The fourth-order valence-corrected chi connectivity index (χ4v) is 2.30. The van der Waals surface area contributed by atoms with Gasteiger partial charge in [0.05, 0.1) is 12.4 Å². The summed E-state index contributed by atoms with van der Waals surface area (Å²) in [7, 11) is 0. The number of carboxylic acids is 1. The largest absolute Gasteiger partial charge is 0.480 e. The van der Waals surface area contributed by atoms with E-state index in [0.717, 1.165) is 0 Å². The second kappa shape index (κ2) is 10.3. The molecular formula is C16H26N6O5. The van der Waals surface area contributed by atoms with Crippen LogP contribution in [0.15, 0.2) is 12.5 Å². The van der Waals surface area contributed by atoms with Crippen molar-refractivity contribution in [2.75, 3.05) is 0 Å². The Bertz CT molecular complexity index is 660. The van der Waals surface area contributed by atoms with E-state index in [1.165, 1.54) is 12.5 Å². The van der Waals surface area contributed by atoms with Crippen LogP contribution in [-0.2, 0) is 25.6 Å². The van der Waals surface area contributed by atoms with Crippen molar-refractivity contribution < 1.29 is 24.3 Å². The summed E-state index contributed by atoms with van der Waals surface area (Å²) in [4.78, 5) is 53.6. The number of rotatable bonds is 11. The maximum absolute atomic E-state index is 12.6. The number of nitrogens with zero attached hydrogens (tertiary/aromatic N) is 1. The lowest BCUT2D eigenvalue weighted by Gasteiger charge is -2.24. The average molecular weight is 382 g/mol. The van der Waals surface area contributed by atoms with E-state index in [-0.39, 0.29) is 25.2 Å². The van der Waals surface area contributed by atoms with Crippen molar-refractivity contribution in [3.05, 3.63) is 18.2 Å². The van der Waals surface area contributed by atoms with Gasteiger partial charge in [-0.05, 0) is 12.3 Å². The summed E-state index contributed by atoms with van der Waals surface area (Å²) >= 11 is 0. The van der Waals surface area contributed by atoms with Gasteiger partial charge in [-0.25, -0.2) is 9.78 Å². The van der Waals surface area contributed by atoms with E-state index < -0.39 is 41.8 Å². The number of nitrogens with two attached hydrogens (primary N) is 2. The van der Waals surface area contributed by atoms with E-state index >= 15 is 0 Å². The van der Waals surface area contributed by atoms with Crippen LogP contribution in [0.1, 0.15) is 32.4 Å². The van der Waals surface area contributed by atoms with E-state index in [1.54, 1.807) is 13.8 Å². The molecule has 0 bridgehead atoms. The lowest BCUT2D eigenvalue weighted by Crippen LogP contribution is -2.56. The first-order valence-electron chi connectivity index (χ1n) is 8.46. The Hall–Kier alpha value is -2.95. The third-order valence-corrected chi connectivity index (χ3v) is 3.88. The Balaban J connectivity index is 2.85. The monoisotopic (exact) mass is 382 g/mol. The summed E-state index contributed by atoms with van der Waals surface area (Å²) in [6.45, 7) is 3.31. The van der Waals surface area contributed by atoms with Crippen molar-refractivity contribution in [3.8, 4) is 0 Å². The third-order valence-electron chi connectivity index (χ3n) is 3.88. The molecule has 1 aromatic heterocycles. The number of carbonyl (C=O) groups excluding carboxylic acids is 3. The molecule has 0 aliphatic heterocycles. The van der Waals surface area contributed by atoms with Crippen molar-refractivity contribution in [2.45, 2.75) is 51.2 Å². The predicted octanol–water partition coefficient (Wildman–Crippen LogP) is -1.74. The summed E-state index contributed by atoms with van der Waals surface area (Å²) in [5.74, 6) is -3.43. The molecule has 0 aliphatic carbocycles. The molecule has 0 spiro atoms. The van der Waals surface area contributed by atoms with Gasteiger partial charge in [0, 0.05) is 24.7 Å². The van der Waals surface area contributed by atoms with Crippen molar-refractivity contribution in [2.24, 2.45) is 17.4 Å². The molecule has 8 N–H and O–H groups in total. The number of hydrogen-bond donors (Lipinski definition) is 6. The van der Waals surface area contributed by atoms with Crippen molar-refractivity contribution in [1.82, 2.24) is 20.6 Å². The van der Waals surface area contributed by atoms with Gasteiger partial charge >= 0.3 is 5.97 Å². The van der Waals surface area contributed by atoms with Crippen LogP contribution in [0.5, 0.6) is 0 Å². The van der Waals surface area contributed by atoms with Gasteiger partial charge in [-0.1, -0.05) is 13.8 Å². The summed E-state index contributed by atoms with van der Waals surface area (Å²) in [5.41, 5.74) is 11.3. The molecule has 1 heterocycles. The van der Waals surface area contributed by atoms with E-state index in [1.807, 2.05) is 0 Å². The average Bonchev–Trinajstić information content (AvgIpc) is 3.08. The second-order valence-electron chi connectivity index (χ2n) is 6.52. The minimum Gasteiger partial charge on any atom is -0.480 e. The second-order valence-corrected chi connectivity index (χ2v) is 6.52. The number of nitrogens with one attached hydrogen (secondary N) is 3. The molecule has 3 atom stereocenters. The lowest BCUT2D eigenvalue weighted by atomic mass is 10.0. The van der Waals surface area contributed by atoms with Gasteiger partial charge in [0.1, 0.15) is 12.1 Å². The van der Waals surface area contributed by atoms with Gasteiger partial charge in [-0.2, -0.15) is 0 Å². The van der Waals surface area contributed by atoms with Gasteiger partial charge in [-0.3, -0.25) is 14.4 Å². The molecule has 3 unspecified atom stereocenters. The number of primary amides is 1. The minimum atomic E-state index is -1.18. The van der Waals surface area contributed by atoms with Crippen molar-refractivity contribution >= 4 is 23.7 Å². The number of aromatic nitrogens is 2. The molecule has 0 aromatic carbocycles. The van der Waals surface area contributed by atoms with Gasteiger partial charge < -0.3 is 32.2 Å². The molecule has 1 aromatic rings. The summed E-state index contributed by atoms with van der Waals surface area (Å²) < 4.78 is 0. The molecule has 0 saturated carbocycles. The number of imidazole rings is 1. The number of carboxylic acid groups (broad SMARTS) is 1. The number of H-pyrrole nitrogens is 1. The molecule has 0 aliphatic rings. The zero-order valence-electron chi connectivity index (χ0n) is 15.3. The Kier molecular flexibility index (Phi) is 8.39. The Morgan fingerprint density at radius 1 is 1.22 bits per heavy atom. The van der Waals surface area contributed by atoms with Crippen LogP contribution >= 0.6 is 0 Å². The fourth-order valence-electron chi connectivity index (χ4n) is 2.30. The summed E-state index contributed by atoms with van der Waals surface area (Å²) in [6, 6.07) is -3.21. The minimum absolute atomic E-state index is 0.0311. The molecule has 0 radical (unpaired) electrons. The number of carbonyl (C=O) groups is 4. The molecule has 0 fully saturated rings. The van der Waals surface area contributed by atoms with Gasteiger partial charge in [0.2, 0.25) is 17.7 Å². The highest BCUT2D eigenvalue weighted by molar-refractivity contribution is 5.92. The maximum atomic E-state index is 12.6. The molecular weight excluding hydrogens is 356 g/mol. The van der Waals surface area contributed by atoms with E-state index in [9.17, 15) is 24.3 Å². The van der Waals surface area contributed by atoms with Crippen LogP contribution in [0, 0.1) is 5.92 Å². The van der Waals surface area contributed by atoms with E-state index in [2.05, 4.69) is 20.6 Å². The Morgan fingerprint density at radius 2 is 1.89 bits per heavy atom. The zero-order chi connectivity index (χ0) is 20.6. The highest BCUT2D eigenvalue weighted by Gasteiger charge is 2.30. The number of aliphatic carboxylic acids is 1. The number of aromatic amines is 1. The van der Waals surface area contributed by atoms with Crippen molar-refractivity contribution in [1.29, 1.82) is 0 Å². The number of hydrogen-bond acceptors (Lipinski definition) is 6. The van der Waals surface area contributed by atoms with Gasteiger partial charge in [-0.15, -0.1) is 0 Å². The summed E-state index contributed by atoms with van der Waals surface area (Å²) in [6.07, 6.45) is 2.92.